The van der Waals surface area contributed by atoms with Gasteiger partial charge in [-0.1, -0.05) is 6.07 Å². The van der Waals surface area contributed by atoms with Gasteiger partial charge in [-0.05, 0) is 31.7 Å². The Morgan fingerprint density at radius 2 is 2.33 bits per heavy atom. The van der Waals surface area contributed by atoms with Gasteiger partial charge in [-0.3, -0.25) is 4.79 Å². The molecule has 4 nitrogen and oxygen atoms in total. The molecule has 0 radical (unpaired) electrons. The second-order valence-electron chi connectivity index (χ2n) is 3.41. The number of carbonyl (C=O) groups excluding carboxylic acids is 1. The number of carbonyl (C=O) groups is 1. The molecule has 1 aromatic heterocycles. The number of oxazole rings is 1. The average Bonchev–Trinajstić information content (AvgIpc) is 2.65. The fourth-order valence-electron chi connectivity index (χ4n) is 1.66. The van der Waals surface area contributed by atoms with Crippen LogP contribution in [-0.4, -0.2) is 17.8 Å². The molecule has 1 heterocycles. The first-order chi connectivity index (χ1) is 7.22. The Kier molecular flexibility index (Phi) is 2.51. The molecule has 1 N–H and O–H groups in total. The summed E-state index contributed by atoms with van der Waals surface area (Å²) in [6.07, 6.45) is 1.40. The van der Waals surface area contributed by atoms with Crippen LogP contribution in [0.25, 0.3) is 11.1 Å². The predicted octanol–water partition coefficient (Wildman–Crippen LogP) is 1.68. The smallest absolute Gasteiger partial charge is 0.181 e. The molecule has 0 saturated heterocycles. The molecular weight excluding hydrogens is 192 g/mol. The third-order valence-corrected chi connectivity index (χ3v) is 2.38. The first-order valence-electron chi connectivity index (χ1n) is 4.73. The van der Waals surface area contributed by atoms with Gasteiger partial charge in [0.05, 0.1) is 6.04 Å². The highest BCUT2D eigenvalue weighted by Gasteiger charge is 2.14. The number of nitrogens with one attached hydrogen (secondary N) is 1. The molecule has 0 aliphatic heterocycles. The summed E-state index contributed by atoms with van der Waals surface area (Å²) in [5.74, 6) is 0.0800. The van der Waals surface area contributed by atoms with Crippen LogP contribution in [0.4, 0.5) is 0 Å². The number of Topliss-reactive ketones (excluding diaryl/α,β-unsaturated/α-hetero) is 1. The van der Waals surface area contributed by atoms with Gasteiger partial charge in [0.25, 0.3) is 0 Å². The van der Waals surface area contributed by atoms with Crippen LogP contribution in [-0.2, 0) is 4.79 Å². The lowest BCUT2D eigenvalue weighted by molar-refractivity contribution is -0.119. The fourth-order valence-corrected chi connectivity index (χ4v) is 1.66. The van der Waals surface area contributed by atoms with Crippen molar-refractivity contribution in [3.8, 4) is 0 Å². The first-order valence-corrected chi connectivity index (χ1v) is 4.73. The molecule has 0 amide bonds. The van der Waals surface area contributed by atoms with Crippen LogP contribution in [0.2, 0.25) is 0 Å². The Hall–Kier alpha value is -1.68. The minimum atomic E-state index is -0.278. The van der Waals surface area contributed by atoms with Crippen molar-refractivity contribution >= 4 is 16.9 Å². The SMILES string of the molecule is CNC(C(C)=O)c1ccc2ncoc2c1. The van der Waals surface area contributed by atoms with Crippen molar-refractivity contribution in [2.45, 2.75) is 13.0 Å². The van der Waals surface area contributed by atoms with Gasteiger partial charge >= 0.3 is 0 Å². The van der Waals surface area contributed by atoms with Gasteiger partial charge < -0.3 is 9.73 Å². The Balaban J connectivity index is 2.46. The zero-order valence-electron chi connectivity index (χ0n) is 8.65. The van der Waals surface area contributed by atoms with Crippen LogP contribution in [0.15, 0.2) is 29.0 Å². The van der Waals surface area contributed by atoms with Crippen LogP contribution >= 0.6 is 0 Å². The molecule has 0 spiro atoms. The van der Waals surface area contributed by atoms with Crippen molar-refractivity contribution in [1.29, 1.82) is 0 Å². The highest BCUT2D eigenvalue weighted by Crippen LogP contribution is 2.19. The Labute approximate surface area is 87.3 Å². The van der Waals surface area contributed by atoms with Crippen molar-refractivity contribution in [2.75, 3.05) is 7.05 Å². The standard InChI is InChI=1S/C11H12N2O2/c1-7(14)11(12-2)8-3-4-9-10(5-8)15-6-13-9/h3-6,11-12H,1-2H3. The van der Waals surface area contributed by atoms with Crippen molar-refractivity contribution in [1.82, 2.24) is 10.3 Å². The molecule has 2 rings (SSSR count). The van der Waals surface area contributed by atoms with E-state index < -0.39 is 0 Å². The van der Waals surface area contributed by atoms with Crippen LogP contribution in [0, 0.1) is 0 Å². The summed E-state index contributed by atoms with van der Waals surface area (Å²) in [6.45, 7) is 1.56. The zero-order valence-corrected chi connectivity index (χ0v) is 8.65. The van der Waals surface area contributed by atoms with Crippen LogP contribution in [0.1, 0.15) is 18.5 Å². The zero-order chi connectivity index (χ0) is 10.8. The molecule has 1 unspecified atom stereocenters. The van der Waals surface area contributed by atoms with Gasteiger partial charge in [-0.25, -0.2) is 4.98 Å². The summed E-state index contributed by atoms with van der Waals surface area (Å²) in [5, 5.41) is 2.96. The number of hydrogen-bond acceptors (Lipinski definition) is 4. The molecule has 78 valence electrons. The minimum Gasteiger partial charge on any atom is -0.443 e. The van der Waals surface area contributed by atoms with Gasteiger partial charge in [-0.15, -0.1) is 0 Å². The number of hydrogen-bond donors (Lipinski definition) is 1. The van der Waals surface area contributed by atoms with E-state index in [1.54, 1.807) is 14.0 Å². The summed E-state index contributed by atoms with van der Waals surface area (Å²) in [4.78, 5) is 15.4. The van der Waals surface area contributed by atoms with Gasteiger partial charge in [0.2, 0.25) is 0 Å². The highest BCUT2D eigenvalue weighted by molar-refractivity contribution is 5.84. The fraction of sp³-hybridized carbons (Fsp3) is 0.273. The first kappa shape index (κ1) is 9.86. The molecule has 15 heavy (non-hydrogen) atoms. The molecule has 0 aliphatic carbocycles. The number of rotatable bonds is 3. The summed E-state index contributed by atoms with van der Waals surface area (Å²) in [6, 6.07) is 5.29. The van der Waals surface area contributed by atoms with E-state index in [-0.39, 0.29) is 11.8 Å². The predicted molar refractivity (Wildman–Crippen MR) is 56.5 cm³/mol. The summed E-state index contributed by atoms with van der Waals surface area (Å²) < 4.78 is 5.18. The maximum absolute atomic E-state index is 11.3. The van der Waals surface area contributed by atoms with Crippen LogP contribution in [0.3, 0.4) is 0 Å². The van der Waals surface area contributed by atoms with Gasteiger partial charge in [-0.2, -0.15) is 0 Å². The third-order valence-electron chi connectivity index (χ3n) is 2.38. The molecule has 0 saturated carbocycles. The number of aromatic nitrogens is 1. The van der Waals surface area contributed by atoms with Crippen molar-refractivity contribution in [2.24, 2.45) is 0 Å². The molecule has 2 aromatic rings. The van der Waals surface area contributed by atoms with Crippen molar-refractivity contribution in [3.63, 3.8) is 0 Å². The lowest BCUT2D eigenvalue weighted by Gasteiger charge is -2.12. The molecule has 0 bridgehead atoms. The monoisotopic (exact) mass is 204 g/mol. The molecule has 4 heteroatoms. The highest BCUT2D eigenvalue weighted by atomic mass is 16.3. The maximum Gasteiger partial charge on any atom is 0.181 e. The van der Waals surface area contributed by atoms with E-state index in [2.05, 4.69) is 10.3 Å². The van der Waals surface area contributed by atoms with Gasteiger partial charge in [0.15, 0.2) is 17.8 Å². The number of benzene rings is 1. The third kappa shape index (κ3) is 1.76. The second kappa shape index (κ2) is 3.82. The summed E-state index contributed by atoms with van der Waals surface area (Å²) >= 11 is 0. The largest absolute Gasteiger partial charge is 0.443 e. The van der Waals surface area contributed by atoms with Crippen LogP contribution < -0.4 is 5.32 Å². The second-order valence-corrected chi connectivity index (χ2v) is 3.41. The van der Waals surface area contributed by atoms with E-state index >= 15 is 0 Å². The van der Waals surface area contributed by atoms with Crippen molar-refractivity contribution < 1.29 is 9.21 Å². The maximum atomic E-state index is 11.3. The Morgan fingerprint density at radius 1 is 1.53 bits per heavy atom. The number of ketones is 1. The normalized spacial score (nSPS) is 12.9. The van der Waals surface area contributed by atoms with Gasteiger partial charge in [0.1, 0.15) is 5.52 Å². The van der Waals surface area contributed by atoms with Crippen LogP contribution in [0.5, 0.6) is 0 Å². The topological polar surface area (TPSA) is 55.1 Å². The quantitative estimate of drug-likeness (QED) is 0.826. The minimum absolute atomic E-state index is 0.0800. The summed E-state index contributed by atoms with van der Waals surface area (Å²) in [5.41, 5.74) is 2.40. The Morgan fingerprint density at radius 3 is 3.00 bits per heavy atom. The molecular formula is C11H12N2O2. The number of likely N-dealkylation sites (N-methyl/N-ethyl adjacent to an activating group) is 1. The summed E-state index contributed by atoms with van der Waals surface area (Å²) in [7, 11) is 1.76. The van der Waals surface area contributed by atoms with Gasteiger partial charge in [0, 0.05) is 0 Å². The van der Waals surface area contributed by atoms with E-state index in [9.17, 15) is 4.79 Å². The average molecular weight is 204 g/mol. The van der Waals surface area contributed by atoms with E-state index in [0.29, 0.717) is 5.58 Å². The number of fused-ring (bicyclic) bond motifs is 1. The van der Waals surface area contributed by atoms with E-state index in [4.69, 9.17) is 4.42 Å². The lowest BCUT2D eigenvalue weighted by atomic mass is 10.0. The molecule has 0 aliphatic rings. The molecule has 0 fully saturated rings. The molecule has 1 aromatic carbocycles. The lowest BCUT2D eigenvalue weighted by Crippen LogP contribution is -2.23. The van der Waals surface area contributed by atoms with E-state index in [1.807, 2.05) is 18.2 Å². The van der Waals surface area contributed by atoms with Crippen molar-refractivity contribution in [3.05, 3.63) is 30.2 Å². The van der Waals surface area contributed by atoms with E-state index in [0.717, 1.165) is 11.1 Å². The molecule has 1 atom stereocenters. The van der Waals surface area contributed by atoms with E-state index in [1.165, 1.54) is 6.39 Å². The Bertz CT molecular complexity index is 490. The number of nitrogens with zero attached hydrogens (tertiary/aromatic N) is 1.